The summed E-state index contributed by atoms with van der Waals surface area (Å²) >= 11 is 7.04. The monoisotopic (exact) mass is 1310 g/mol. The predicted molar refractivity (Wildman–Crippen MR) is 314 cm³/mol. The van der Waals surface area contributed by atoms with Crippen molar-refractivity contribution >= 4 is 82.1 Å². The average Bonchev–Trinajstić information content (AvgIpc) is 3.81. The third-order valence-corrected chi connectivity index (χ3v) is 12.0. The molecule has 22 heteroatoms. The van der Waals surface area contributed by atoms with Crippen molar-refractivity contribution in [1.29, 1.82) is 0 Å². The number of amides is 6. The second kappa shape index (κ2) is 37.7. The van der Waals surface area contributed by atoms with Crippen LogP contribution in [0.1, 0.15) is 202 Å². The molecule has 4 saturated heterocycles. The molecular weight excluding hydrogens is 1210 g/mol. The van der Waals surface area contributed by atoms with Crippen LogP contribution in [0.25, 0.3) is 0 Å². The van der Waals surface area contributed by atoms with E-state index < -0.39 is 46.6 Å². The number of halogens is 2. The summed E-state index contributed by atoms with van der Waals surface area (Å²) in [6.07, 6.45) is 10.9. The SMILES string of the molecule is CC.CC(=O)[C@@H]1C[C@H]2C[C@H]2N1C(=O)OC(C)(C)C.CC(C)(C)OC(=O)N1[C@@H]2C[C@@H]2C[C@H]1C(=O)O.CC[C@@H]1CC=CN1C(=O)OC(C)(C)C.CC[C@@H]1CCC(=O)N1C(=O)OC(C)(C)C.ClCI.O=C1CC[C@@H](CO)N1.[CH2-]C.[CH2-]C.[Zn+2]. The standard InChI is InChI=1S/C12H19NO3.C11H17NO4.C11H19NO3.C11H19NO2.C5H9NO2.C2H6.2C2H5.CH2ClI.Zn/c1-7(14)9-5-8-6-10(8)13(9)11(15)16-12(2,3)4;1-11(2,3)16-10(15)12-7-4-6(7)5-8(12)9(13)14;1-5-8-6-7-9(13)12(8)10(14)15-11(2,3)4;1-5-9-7-6-8-12(9)10(13)14-11(2,3)4;7-3-4-1-2-5(8)6-4;3*1-2;2-1-3;/h8-10H,5-6H2,1-4H3;6-8H,4-5H2,1-3H3,(H,13,14);8H,5-7H2,1-4H3;6,8-9H,5,7H2,1-4H3;4,7H,1-3H2,(H,6,8);1-2H3;2*1H2,2H3;1H2;/q;;;;;;2*-1;;+2/t8-,9-,10+;6-,7-,8+;8-;9-;4-;;;;;/m01110...../s1. The number of ether oxygens (including phenoxy) is 4. The molecule has 6 fully saturated rings. The largest absolute Gasteiger partial charge is 2.00 e. The first kappa shape index (κ1) is 79.9. The summed E-state index contributed by atoms with van der Waals surface area (Å²) in [5.41, 5.74) is -2.03. The van der Waals surface area contributed by atoms with Gasteiger partial charge in [-0.3, -0.25) is 29.1 Å². The molecule has 0 unspecified atom stereocenters. The van der Waals surface area contributed by atoms with Crippen LogP contribution in [-0.2, 0) is 57.6 Å². The summed E-state index contributed by atoms with van der Waals surface area (Å²) in [6.45, 7) is 41.6. The number of ketones is 1. The van der Waals surface area contributed by atoms with Gasteiger partial charge in [0.2, 0.25) is 11.8 Å². The van der Waals surface area contributed by atoms with Gasteiger partial charge in [-0.1, -0.05) is 56.4 Å². The van der Waals surface area contributed by atoms with Crippen LogP contribution in [0.4, 0.5) is 19.2 Å². The van der Waals surface area contributed by atoms with Crippen molar-refractivity contribution in [2.45, 2.75) is 267 Å². The molecule has 5 aliphatic heterocycles. The Morgan fingerprint density at radius 1 is 0.671 bits per heavy atom. The average molecular weight is 1310 g/mol. The number of rotatable bonds is 5. The van der Waals surface area contributed by atoms with Gasteiger partial charge in [0.25, 0.3) is 0 Å². The van der Waals surface area contributed by atoms with E-state index in [2.05, 4.69) is 48.7 Å². The minimum absolute atomic E-state index is 0. The van der Waals surface area contributed by atoms with Crippen molar-refractivity contribution in [3.05, 3.63) is 26.1 Å². The minimum atomic E-state index is -0.932. The molecule has 9 atom stereocenters. The Kier molecular flexibility index (Phi) is 38.2. The number of carboxylic acids is 1. The van der Waals surface area contributed by atoms with E-state index in [0.29, 0.717) is 35.0 Å². The summed E-state index contributed by atoms with van der Waals surface area (Å²) in [7, 11) is 0. The van der Waals surface area contributed by atoms with Gasteiger partial charge in [0.05, 0.1) is 22.6 Å². The maximum absolute atomic E-state index is 12.0. The third kappa shape index (κ3) is 30.0. The number of aliphatic carboxylic acids is 1. The molecule has 0 spiro atoms. The summed E-state index contributed by atoms with van der Waals surface area (Å²) < 4.78 is 21.7. The van der Waals surface area contributed by atoms with Gasteiger partial charge in [-0.2, -0.15) is 13.8 Å². The fraction of sp³-hybridized carbons (Fsp3) is 0.789. The number of likely N-dealkylation sites (tertiary alicyclic amines) is 3. The van der Waals surface area contributed by atoms with Gasteiger partial charge in [0.15, 0.2) is 5.78 Å². The van der Waals surface area contributed by atoms with Crippen LogP contribution in [0.5, 0.6) is 0 Å². The number of nitrogens with zero attached hydrogens (tertiary/aromatic N) is 4. The maximum Gasteiger partial charge on any atom is 2.00 e. The molecule has 0 bridgehead atoms. The van der Waals surface area contributed by atoms with Crippen molar-refractivity contribution in [3.8, 4) is 0 Å². The number of carboxylic acid groups (broad SMARTS) is 1. The first-order valence-electron chi connectivity index (χ1n) is 27.5. The van der Waals surface area contributed by atoms with Gasteiger partial charge in [0, 0.05) is 43.2 Å². The van der Waals surface area contributed by atoms with Crippen LogP contribution in [0.15, 0.2) is 12.3 Å². The molecule has 19 nitrogen and oxygen atoms in total. The van der Waals surface area contributed by atoms with Gasteiger partial charge < -0.3 is 48.3 Å². The van der Waals surface area contributed by atoms with Crippen molar-refractivity contribution in [2.75, 3.05) is 10.5 Å². The van der Waals surface area contributed by atoms with Crippen LogP contribution in [0, 0.1) is 25.7 Å². The van der Waals surface area contributed by atoms with Gasteiger partial charge in [0.1, 0.15) is 28.4 Å². The van der Waals surface area contributed by atoms with E-state index in [9.17, 15) is 38.4 Å². The van der Waals surface area contributed by atoms with Gasteiger partial charge >= 0.3 is 49.8 Å². The van der Waals surface area contributed by atoms with Crippen molar-refractivity contribution < 1.29 is 87.0 Å². The number of fused-ring (bicyclic) bond motifs is 2. The second-order valence-electron chi connectivity index (χ2n) is 22.9. The predicted octanol–water partition coefficient (Wildman–Crippen LogP) is 12.3. The van der Waals surface area contributed by atoms with Crippen LogP contribution >= 0.6 is 34.2 Å². The normalized spacial score (nSPS) is 24.3. The van der Waals surface area contributed by atoms with E-state index in [0.717, 1.165) is 51.4 Å². The van der Waals surface area contributed by atoms with E-state index in [4.69, 9.17) is 40.8 Å². The quantitative estimate of drug-likeness (QED) is 0.0763. The summed E-state index contributed by atoms with van der Waals surface area (Å²) in [5.74, 6) is -0.0219. The Labute approximate surface area is 506 Å². The molecule has 0 aromatic carbocycles. The van der Waals surface area contributed by atoms with E-state index in [1.54, 1.807) is 72.1 Å². The van der Waals surface area contributed by atoms with Crippen LogP contribution in [0.2, 0.25) is 0 Å². The van der Waals surface area contributed by atoms with E-state index >= 15 is 0 Å². The van der Waals surface area contributed by atoms with E-state index in [1.165, 1.54) is 9.80 Å². The molecule has 2 aliphatic carbocycles. The van der Waals surface area contributed by atoms with Crippen LogP contribution in [0.3, 0.4) is 0 Å². The third-order valence-electron chi connectivity index (χ3n) is 12.0. The number of carbonyl (C=O) groups excluding carboxylic acids is 7. The molecule has 7 rings (SSSR count). The number of Topliss-reactive ketones (excluding diaryl/α,β-unsaturated/α-hetero) is 1. The van der Waals surface area contributed by atoms with Crippen molar-refractivity contribution in [1.82, 2.24) is 24.9 Å². The molecule has 2 saturated carbocycles. The fourth-order valence-electron chi connectivity index (χ4n) is 8.61. The number of aliphatic hydroxyl groups excluding tert-OH is 1. The van der Waals surface area contributed by atoms with Gasteiger partial charge in [-0.25, -0.2) is 28.9 Å². The number of alkyl halides is 2. The van der Waals surface area contributed by atoms with Crippen molar-refractivity contribution in [2.24, 2.45) is 11.8 Å². The zero-order valence-corrected chi connectivity index (χ0v) is 57.4. The maximum atomic E-state index is 12.0. The number of piperidine rings is 2. The number of aliphatic hydroxyl groups is 1. The topological polar surface area (TPSA) is 239 Å². The zero-order chi connectivity index (χ0) is 61.3. The molecule has 5 heterocycles. The molecule has 454 valence electrons. The van der Waals surface area contributed by atoms with E-state index in [-0.39, 0.29) is 92.1 Å². The fourth-order valence-corrected chi connectivity index (χ4v) is 8.61. The molecular formula is C57H101ClIN5O14Zn. The van der Waals surface area contributed by atoms with Crippen LogP contribution in [-0.4, -0.2) is 153 Å². The minimum Gasteiger partial charge on any atom is -0.480 e. The Hall–Kier alpha value is -3.30. The number of carbonyl (C=O) groups is 8. The number of hydrogen-bond donors (Lipinski definition) is 3. The van der Waals surface area contributed by atoms with Crippen molar-refractivity contribution in [3.63, 3.8) is 0 Å². The molecule has 0 aromatic rings. The Balaban J connectivity index is -0.000000887. The van der Waals surface area contributed by atoms with Gasteiger partial charge in [-0.15, -0.1) is 11.6 Å². The van der Waals surface area contributed by atoms with Crippen LogP contribution < -0.4 is 5.32 Å². The molecule has 79 heavy (non-hydrogen) atoms. The Morgan fingerprint density at radius 3 is 1.41 bits per heavy atom. The zero-order valence-electron chi connectivity index (χ0n) is 51.5. The summed E-state index contributed by atoms with van der Waals surface area (Å²) in [6, 6.07) is -0.267. The Morgan fingerprint density at radius 2 is 1.06 bits per heavy atom. The number of nitrogens with one attached hydrogen (secondary N) is 1. The smallest absolute Gasteiger partial charge is 0.480 e. The molecule has 6 amide bonds. The van der Waals surface area contributed by atoms with Gasteiger partial charge in [-0.05, 0) is 160 Å². The summed E-state index contributed by atoms with van der Waals surface area (Å²) in [5, 5.41) is 20.1. The van der Waals surface area contributed by atoms with E-state index in [1.807, 2.05) is 74.6 Å². The number of hydrogen-bond acceptors (Lipinski definition) is 13. The molecule has 0 aromatic heterocycles. The number of imide groups is 1. The first-order valence-corrected chi connectivity index (χ1v) is 29.6. The molecule has 3 N–H and O–H groups in total. The molecule has 0 radical (unpaired) electrons. The summed E-state index contributed by atoms with van der Waals surface area (Å²) in [4.78, 5) is 97.6. The Bertz CT molecular complexity index is 1850. The first-order chi connectivity index (χ1) is 36.1. The molecule has 7 aliphatic rings. The second-order valence-corrected chi connectivity index (χ2v) is 24.8.